The second kappa shape index (κ2) is 12.5. The van der Waals surface area contributed by atoms with Crippen molar-refractivity contribution < 1.29 is 38.4 Å². The van der Waals surface area contributed by atoms with E-state index in [2.05, 4.69) is 27.7 Å². The van der Waals surface area contributed by atoms with Crippen molar-refractivity contribution >= 4 is 17.9 Å². The zero-order chi connectivity index (χ0) is 33.0. The quantitative estimate of drug-likeness (QED) is 0.247. The first kappa shape index (κ1) is 33.5. The van der Waals surface area contributed by atoms with Gasteiger partial charge in [0.15, 0.2) is 5.79 Å². The zero-order valence-electron chi connectivity index (χ0n) is 28.5. The average Bonchev–Trinajstić information content (AvgIpc) is 3.41. The molecule has 1 aromatic carbocycles. The van der Waals surface area contributed by atoms with Gasteiger partial charge in [-0.05, 0) is 104 Å². The predicted octanol–water partition coefficient (Wildman–Crippen LogP) is 6.73. The Morgan fingerprint density at radius 1 is 1.00 bits per heavy atom. The summed E-state index contributed by atoms with van der Waals surface area (Å²) in [6.45, 7) is 12.3. The van der Waals surface area contributed by atoms with Crippen LogP contribution in [0.3, 0.4) is 0 Å². The number of carbonyl (C=O) groups excluding carboxylic acids is 3. The standard InChI is InChI=1S/C38H54O8/c1-22(21-43-24(3)39)12-15-32-23(2)34-37(6)31(20-38(34,42)46-32)29-14-13-27-18-28(44-25(4)40)16-17-36(27,5)30(29)19-33(37)45-35(41)26-10-8-7-9-11-26/h7-11,22-23,27-34,42H,12-21H2,1-6H3/t22-,23+,27+,28+,29-,30+,31+,32+,33-,34-,36+,37-,38+/m1/s1. The Hall–Kier alpha value is -2.45. The fraction of sp³-hybridized carbons (Fsp3) is 0.763. The Bertz CT molecular complexity index is 1300. The molecule has 1 aromatic rings. The highest BCUT2D eigenvalue weighted by molar-refractivity contribution is 5.89. The van der Waals surface area contributed by atoms with Crippen molar-refractivity contribution in [2.45, 2.75) is 123 Å². The molecule has 254 valence electrons. The molecular weight excluding hydrogens is 584 g/mol. The zero-order valence-corrected chi connectivity index (χ0v) is 28.5. The maximum absolute atomic E-state index is 13.7. The van der Waals surface area contributed by atoms with Gasteiger partial charge in [0.05, 0.1) is 18.3 Å². The van der Waals surface area contributed by atoms with Gasteiger partial charge in [0.25, 0.3) is 0 Å². The van der Waals surface area contributed by atoms with Crippen molar-refractivity contribution in [3.8, 4) is 0 Å². The van der Waals surface area contributed by atoms with E-state index in [-0.39, 0.29) is 65.3 Å². The van der Waals surface area contributed by atoms with E-state index in [1.54, 1.807) is 12.1 Å². The highest BCUT2D eigenvalue weighted by Gasteiger charge is 2.74. The van der Waals surface area contributed by atoms with Gasteiger partial charge in [0, 0.05) is 31.6 Å². The van der Waals surface area contributed by atoms with Crippen molar-refractivity contribution in [2.24, 2.45) is 52.3 Å². The molecule has 5 fully saturated rings. The fourth-order valence-corrected chi connectivity index (χ4v) is 11.3. The van der Waals surface area contributed by atoms with Gasteiger partial charge in [-0.2, -0.15) is 0 Å². The fourth-order valence-electron chi connectivity index (χ4n) is 11.3. The van der Waals surface area contributed by atoms with Crippen LogP contribution in [0.5, 0.6) is 0 Å². The van der Waals surface area contributed by atoms with Crippen molar-refractivity contribution in [2.75, 3.05) is 6.61 Å². The molecular formula is C38H54O8. The van der Waals surface area contributed by atoms with Gasteiger partial charge in [-0.25, -0.2) is 4.79 Å². The Morgan fingerprint density at radius 2 is 1.74 bits per heavy atom. The summed E-state index contributed by atoms with van der Waals surface area (Å²) in [7, 11) is 0. The van der Waals surface area contributed by atoms with Crippen LogP contribution in [0.15, 0.2) is 30.3 Å². The van der Waals surface area contributed by atoms with Gasteiger partial charge in [-0.15, -0.1) is 0 Å². The van der Waals surface area contributed by atoms with Crippen LogP contribution >= 0.6 is 0 Å². The minimum atomic E-state index is -1.28. The first-order valence-corrected chi connectivity index (χ1v) is 17.7. The molecule has 1 N–H and O–H groups in total. The van der Waals surface area contributed by atoms with E-state index in [0.29, 0.717) is 36.3 Å². The lowest BCUT2D eigenvalue weighted by molar-refractivity contribution is -0.212. The second-order valence-corrected chi connectivity index (χ2v) is 16.1. The molecule has 1 saturated heterocycles. The largest absolute Gasteiger partial charge is 0.466 e. The van der Waals surface area contributed by atoms with E-state index in [0.717, 1.165) is 51.4 Å². The van der Waals surface area contributed by atoms with Crippen LogP contribution < -0.4 is 0 Å². The third-order valence-corrected chi connectivity index (χ3v) is 13.4. The maximum atomic E-state index is 13.7. The molecule has 4 aliphatic carbocycles. The van der Waals surface area contributed by atoms with Crippen LogP contribution in [0, 0.1) is 52.3 Å². The topological polar surface area (TPSA) is 108 Å². The summed E-state index contributed by atoms with van der Waals surface area (Å²) in [4.78, 5) is 36.8. The van der Waals surface area contributed by atoms with Gasteiger partial charge in [-0.1, -0.05) is 45.9 Å². The summed E-state index contributed by atoms with van der Waals surface area (Å²) >= 11 is 0. The van der Waals surface area contributed by atoms with E-state index in [1.165, 1.54) is 13.8 Å². The maximum Gasteiger partial charge on any atom is 0.338 e. The summed E-state index contributed by atoms with van der Waals surface area (Å²) in [5, 5.41) is 12.4. The molecule has 8 heteroatoms. The number of fused-ring (bicyclic) bond motifs is 7. The second-order valence-electron chi connectivity index (χ2n) is 16.1. The molecule has 46 heavy (non-hydrogen) atoms. The number of ether oxygens (including phenoxy) is 4. The highest BCUT2D eigenvalue weighted by Crippen LogP contribution is 2.72. The van der Waals surface area contributed by atoms with Crippen LogP contribution in [0.4, 0.5) is 0 Å². The molecule has 13 atom stereocenters. The van der Waals surface area contributed by atoms with Crippen LogP contribution in [0.25, 0.3) is 0 Å². The number of benzene rings is 1. The normalized spacial score (nSPS) is 43.3. The van der Waals surface area contributed by atoms with Gasteiger partial charge < -0.3 is 24.1 Å². The molecule has 0 bridgehead atoms. The van der Waals surface area contributed by atoms with E-state index in [1.807, 2.05) is 18.2 Å². The number of carbonyl (C=O) groups is 3. The summed E-state index contributed by atoms with van der Waals surface area (Å²) in [5.74, 6) is -0.627. The van der Waals surface area contributed by atoms with Crippen LogP contribution in [-0.4, -0.2) is 53.7 Å². The average molecular weight is 639 g/mol. The Labute approximate surface area is 274 Å². The van der Waals surface area contributed by atoms with Gasteiger partial charge in [-0.3, -0.25) is 9.59 Å². The van der Waals surface area contributed by atoms with E-state index >= 15 is 0 Å². The number of aliphatic hydroxyl groups is 1. The van der Waals surface area contributed by atoms with Crippen LogP contribution in [0.2, 0.25) is 0 Å². The molecule has 0 spiro atoms. The minimum absolute atomic E-state index is 0.0258. The molecule has 1 heterocycles. The van der Waals surface area contributed by atoms with Crippen LogP contribution in [0.1, 0.15) is 110 Å². The summed E-state index contributed by atoms with van der Waals surface area (Å²) in [6, 6.07) is 9.24. The highest BCUT2D eigenvalue weighted by atomic mass is 16.6. The first-order chi connectivity index (χ1) is 21.8. The summed E-state index contributed by atoms with van der Waals surface area (Å²) in [5.41, 5.74) is 0.143. The van der Waals surface area contributed by atoms with Crippen molar-refractivity contribution in [1.82, 2.24) is 0 Å². The smallest absolute Gasteiger partial charge is 0.338 e. The van der Waals surface area contributed by atoms with Crippen molar-refractivity contribution in [3.63, 3.8) is 0 Å². The molecule has 0 radical (unpaired) electrons. The lowest BCUT2D eigenvalue weighted by Crippen LogP contribution is -2.60. The molecule has 0 amide bonds. The first-order valence-electron chi connectivity index (χ1n) is 17.7. The number of esters is 3. The van der Waals surface area contributed by atoms with Gasteiger partial charge >= 0.3 is 17.9 Å². The molecule has 0 unspecified atom stereocenters. The number of hydrogen-bond donors (Lipinski definition) is 1. The van der Waals surface area contributed by atoms with E-state index in [9.17, 15) is 19.5 Å². The van der Waals surface area contributed by atoms with Crippen LogP contribution in [-0.2, 0) is 28.5 Å². The van der Waals surface area contributed by atoms with Crippen molar-refractivity contribution in [1.29, 1.82) is 0 Å². The third-order valence-electron chi connectivity index (χ3n) is 13.4. The molecule has 6 rings (SSSR count). The molecule has 4 saturated carbocycles. The van der Waals surface area contributed by atoms with Crippen molar-refractivity contribution in [3.05, 3.63) is 35.9 Å². The predicted molar refractivity (Wildman–Crippen MR) is 171 cm³/mol. The Morgan fingerprint density at radius 3 is 2.43 bits per heavy atom. The van der Waals surface area contributed by atoms with Gasteiger partial charge in [0.1, 0.15) is 12.2 Å². The lowest BCUT2D eigenvalue weighted by Gasteiger charge is -2.62. The van der Waals surface area contributed by atoms with Gasteiger partial charge in [0.2, 0.25) is 0 Å². The third kappa shape index (κ3) is 5.80. The monoisotopic (exact) mass is 638 g/mol. The molecule has 5 aliphatic rings. The minimum Gasteiger partial charge on any atom is -0.466 e. The molecule has 8 nitrogen and oxygen atoms in total. The SMILES string of the molecule is CC(=O)OC[C@H](C)CC[C@@H]1O[C@@]2(O)C[C@H]3[C@@H]4CC[C@H]5C[C@@H](OC(C)=O)CC[C@]5(C)[C@H]4C[C@@H](OC(=O)c4ccccc4)[C@]3(C)[C@H]2[C@H]1C. The lowest BCUT2D eigenvalue weighted by atomic mass is 9.43. The summed E-state index contributed by atoms with van der Waals surface area (Å²) in [6.07, 6.45) is 7.28. The molecule has 1 aliphatic heterocycles. The summed E-state index contributed by atoms with van der Waals surface area (Å²) < 4.78 is 24.2. The number of hydrogen-bond acceptors (Lipinski definition) is 8. The molecule has 0 aromatic heterocycles. The number of rotatable bonds is 8. The van der Waals surface area contributed by atoms with E-state index in [4.69, 9.17) is 18.9 Å². The van der Waals surface area contributed by atoms with E-state index < -0.39 is 11.2 Å². The Balaban J connectivity index is 1.28. The Kier molecular flexibility index (Phi) is 9.12.